The molecule has 0 aliphatic carbocycles. The summed E-state index contributed by atoms with van der Waals surface area (Å²) in [5.41, 5.74) is 1.42. The molecule has 0 fully saturated rings. The topological polar surface area (TPSA) is 149 Å². The van der Waals surface area contributed by atoms with E-state index in [4.69, 9.17) is 10.2 Å². The summed E-state index contributed by atoms with van der Waals surface area (Å²) in [6.45, 7) is 0. The minimum absolute atomic E-state index is 0.0305. The van der Waals surface area contributed by atoms with Crippen LogP contribution in [0.15, 0.2) is 24.3 Å². The van der Waals surface area contributed by atoms with Crippen LogP contribution in [-0.4, -0.2) is 44.3 Å². The molecule has 4 N–H and O–H groups in total. The molecule has 1 rings (SSSR count). The monoisotopic (exact) mass is 366 g/mol. The summed E-state index contributed by atoms with van der Waals surface area (Å²) < 4.78 is 0. The molecule has 2 unspecified atom stereocenters. The fourth-order valence-electron chi connectivity index (χ4n) is 2.60. The highest BCUT2D eigenvalue weighted by atomic mass is 16.4. The van der Waals surface area contributed by atoms with Crippen LogP contribution in [0.5, 0.6) is 0 Å². The van der Waals surface area contributed by atoms with Gasteiger partial charge in [-0.2, -0.15) is 0 Å². The fraction of sp³-hybridized carbons (Fsp3) is 0.444. The van der Waals surface area contributed by atoms with Crippen LogP contribution >= 0.6 is 0 Å². The first-order valence-corrected chi connectivity index (χ1v) is 8.16. The van der Waals surface area contributed by atoms with Gasteiger partial charge in [-0.1, -0.05) is 24.3 Å². The molecular weight excluding hydrogens is 344 g/mol. The lowest BCUT2D eigenvalue weighted by Gasteiger charge is -2.13. The number of carbonyl (C=O) groups is 4. The zero-order valence-corrected chi connectivity index (χ0v) is 14.1. The maximum absolute atomic E-state index is 11.2. The van der Waals surface area contributed by atoms with Crippen LogP contribution in [0.4, 0.5) is 0 Å². The van der Waals surface area contributed by atoms with Gasteiger partial charge in [0.05, 0.1) is 11.8 Å². The Balaban J connectivity index is 2.70. The number of carboxylic acid groups (broad SMARTS) is 4. The van der Waals surface area contributed by atoms with Crippen LogP contribution in [0.25, 0.3) is 0 Å². The van der Waals surface area contributed by atoms with Crippen LogP contribution in [0.1, 0.15) is 36.8 Å². The van der Waals surface area contributed by atoms with Crippen LogP contribution in [0.3, 0.4) is 0 Å². The normalized spacial score (nSPS) is 12.9. The number of rotatable bonds is 12. The molecule has 0 bridgehead atoms. The predicted octanol–water partition coefficient (Wildman–Crippen LogP) is 1.90. The summed E-state index contributed by atoms with van der Waals surface area (Å²) in [5.74, 6) is -5.83. The molecule has 8 nitrogen and oxygen atoms in total. The molecule has 0 saturated heterocycles. The Morgan fingerprint density at radius 3 is 1.19 bits per heavy atom. The van der Waals surface area contributed by atoms with Gasteiger partial charge in [0.2, 0.25) is 0 Å². The number of hydrogen-bond acceptors (Lipinski definition) is 4. The van der Waals surface area contributed by atoms with Crippen LogP contribution < -0.4 is 0 Å². The minimum atomic E-state index is -1.06. The Morgan fingerprint density at radius 2 is 0.962 bits per heavy atom. The molecule has 0 spiro atoms. The molecule has 2 atom stereocenters. The molecule has 8 heteroatoms. The van der Waals surface area contributed by atoms with Crippen LogP contribution in [0.2, 0.25) is 0 Å². The Labute approximate surface area is 150 Å². The first-order chi connectivity index (χ1) is 12.2. The van der Waals surface area contributed by atoms with E-state index in [0.29, 0.717) is 11.1 Å². The van der Waals surface area contributed by atoms with Crippen LogP contribution in [0, 0.1) is 11.8 Å². The lowest BCUT2D eigenvalue weighted by molar-refractivity contribution is -0.144. The quantitative estimate of drug-likeness (QED) is 0.438. The second kappa shape index (κ2) is 10.2. The average molecular weight is 366 g/mol. The van der Waals surface area contributed by atoms with Gasteiger partial charge in [0, 0.05) is 12.8 Å². The summed E-state index contributed by atoms with van der Waals surface area (Å²) in [7, 11) is 0. The van der Waals surface area contributed by atoms with E-state index in [9.17, 15) is 29.4 Å². The lowest BCUT2D eigenvalue weighted by atomic mass is 9.92. The molecule has 1 aromatic rings. The number of carboxylic acids is 4. The molecule has 26 heavy (non-hydrogen) atoms. The molecule has 0 amide bonds. The number of aliphatic carboxylic acids is 4. The van der Waals surface area contributed by atoms with Crippen molar-refractivity contribution >= 4 is 23.9 Å². The zero-order valence-electron chi connectivity index (χ0n) is 14.1. The molecule has 1 aromatic carbocycles. The van der Waals surface area contributed by atoms with Crippen molar-refractivity contribution in [3.05, 3.63) is 35.4 Å². The van der Waals surface area contributed by atoms with Crippen molar-refractivity contribution < 1.29 is 39.6 Å². The molecule has 0 aliphatic heterocycles. The van der Waals surface area contributed by atoms with E-state index in [0.717, 1.165) is 0 Å². The van der Waals surface area contributed by atoms with Crippen molar-refractivity contribution in [1.29, 1.82) is 0 Å². The third kappa shape index (κ3) is 7.78. The van der Waals surface area contributed by atoms with Crippen molar-refractivity contribution in [1.82, 2.24) is 0 Å². The summed E-state index contributed by atoms with van der Waals surface area (Å²) in [4.78, 5) is 43.6. The largest absolute Gasteiger partial charge is 0.481 e. The molecule has 0 radical (unpaired) electrons. The van der Waals surface area contributed by atoms with Gasteiger partial charge in [-0.05, 0) is 36.8 Å². The molecule has 0 heterocycles. The summed E-state index contributed by atoms with van der Waals surface area (Å²) in [5, 5.41) is 35.7. The summed E-state index contributed by atoms with van der Waals surface area (Å²) >= 11 is 0. The van der Waals surface area contributed by atoms with Gasteiger partial charge in [-0.3, -0.25) is 19.2 Å². The Kier molecular flexibility index (Phi) is 8.27. The van der Waals surface area contributed by atoms with Crippen molar-refractivity contribution in [3.63, 3.8) is 0 Å². The van der Waals surface area contributed by atoms with E-state index in [1.54, 1.807) is 24.3 Å². The first kappa shape index (κ1) is 21.1. The lowest BCUT2D eigenvalue weighted by Crippen LogP contribution is -2.18. The van der Waals surface area contributed by atoms with E-state index in [1.807, 2.05) is 0 Å². The van der Waals surface area contributed by atoms with Crippen molar-refractivity contribution in [2.75, 3.05) is 0 Å². The Morgan fingerprint density at radius 1 is 0.654 bits per heavy atom. The molecular formula is C18H22O8. The summed E-state index contributed by atoms with van der Waals surface area (Å²) in [6, 6.07) is 6.73. The SMILES string of the molecule is O=C(O)CCC(Cc1ccc(CC(CCC(=O)O)C(=O)O)cc1)C(=O)O. The van der Waals surface area contributed by atoms with Crippen LogP contribution in [-0.2, 0) is 32.0 Å². The average Bonchev–Trinajstić information content (AvgIpc) is 2.55. The molecule has 0 aromatic heterocycles. The standard InChI is InChI=1S/C18H22O8/c19-15(20)7-5-13(17(23)24)9-11-1-2-12(4-3-11)10-14(18(25)26)6-8-16(21)22/h1-4,13-14H,5-10H2,(H,19,20)(H,21,22)(H,23,24)(H,25,26). The summed E-state index contributed by atoms with van der Waals surface area (Å²) in [6.07, 6.45) is -0.0161. The van der Waals surface area contributed by atoms with Gasteiger partial charge in [0.15, 0.2) is 0 Å². The van der Waals surface area contributed by atoms with Gasteiger partial charge in [-0.15, -0.1) is 0 Å². The highest BCUT2D eigenvalue weighted by Crippen LogP contribution is 2.19. The highest BCUT2D eigenvalue weighted by molar-refractivity contribution is 5.73. The number of benzene rings is 1. The third-order valence-electron chi connectivity index (χ3n) is 4.10. The second-order valence-electron chi connectivity index (χ2n) is 6.16. The maximum atomic E-state index is 11.2. The highest BCUT2D eigenvalue weighted by Gasteiger charge is 2.21. The molecule has 0 aliphatic rings. The Bertz CT molecular complexity index is 593. The third-order valence-corrected chi connectivity index (χ3v) is 4.10. The maximum Gasteiger partial charge on any atom is 0.306 e. The van der Waals surface area contributed by atoms with Crippen molar-refractivity contribution in [2.45, 2.75) is 38.5 Å². The second-order valence-corrected chi connectivity index (χ2v) is 6.16. The van der Waals surface area contributed by atoms with Gasteiger partial charge in [0.25, 0.3) is 0 Å². The fourth-order valence-corrected chi connectivity index (χ4v) is 2.60. The van der Waals surface area contributed by atoms with Gasteiger partial charge >= 0.3 is 23.9 Å². The van der Waals surface area contributed by atoms with E-state index in [2.05, 4.69) is 0 Å². The molecule has 142 valence electrons. The predicted molar refractivity (Wildman–Crippen MR) is 89.8 cm³/mol. The zero-order chi connectivity index (χ0) is 19.7. The van der Waals surface area contributed by atoms with E-state index >= 15 is 0 Å². The minimum Gasteiger partial charge on any atom is -0.481 e. The molecule has 0 saturated carbocycles. The van der Waals surface area contributed by atoms with Crippen molar-refractivity contribution in [2.24, 2.45) is 11.8 Å². The van der Waals surface area contributed by atoms with Crippen molar-refractivity contribution in [3.8, 4) is 0 Å². The van der Waals surface area contributed by atoms with E-state index in [1.165, 1.54) is 0 Å². The van der Waals surface area contributed by atoms with E-state index < -0.39 is 35.7 Å². The smallest absolute Gasteiger partial charge is 0.306 e. The Hall–Kier alpha value is -2.90. The van der Waals surface area contributed by atoms with Gasteiger partial charge < -0.3 is 20.4 Å². The van der Waals surface area contributed by atoms with Gasteiger partial charge in [-0.25, -0.2) is 0 Å². The van der Waals surface area contributed by atoms with E-state index in [-0.39, 0.29) is 38.5 Å². The van der Waals surface area contributed by atoms with Gasteiger partial charge in [0.1, 0.15) is 0 Å². The number of hydrogen-bond donors (Lipinski definition) is 4. The first-order valence-electron chi connectivity index (χ1n) is 8.16.